The third kappa shape index (κ3) is 5.17. The average Bonchev–Trinajstić information content (AvgIpc) is 3.00. The number of anilines is 1. The minimum Gasteiger partial charge on any atom is -0.496 e. The molecule has 1 atom stereocenters. The van der Waals surface area contributed by atoms with Crippen LogP contribution in [0.3, 0.4) is 0 Å². The molecule has 24 heavy (non-hydrogen) atoms. The standard InChI is InChI=1S/C16H21N3O3S.ClH/c1-10-4-5-14(22-3)12(6-10)13-9-23-16(18-13)19-15(20)7-11(8-17)21-2;/h4-6,9,11H,7-8,17H2,1-3H3,(H,18,19,20);1H. The quantitative estimate of drug-likeness (QED) is 0.781. The van der Waals surface area contributed by atoms with Crippen molar-refractivity contribution >= 4 is 34.8 Å². The van der Waals surface area contributed by atoms with Crippen molar-refractivity contribution < 1.29 is 14.3 Å². The van der Waals surface area contributed by atoms with Gasteiger partial charge in [-0.05, 0) is 19.1 Å². The molecule has 0 saturated heterocycles. The molecule has 1 heterocycles. The molecule has 0 aliphatic rings. The minimum atomic E-state index is -0.286. The first-order valence-electron chi connectivity index (χ1n) is 7.20. The first-order chi connectivity index (χ1) is 11.1. The average molecular weight is 372 g/mol. The van der Waals surface area contributed by atoms with E-state index in [1.807, 2.05) is 30.5 Å². The largest absolute Gasteiger partial charge is 0.496 e. The van der Waals surface area contributed by atoms with Crippen molar-refractivity contribution in [3.05, 3.63) is 29.1 Å². The SMILES string of the molecule is COc1ccc(C)cc1-c1csc(NC(=O)CC(CN)OC)n1.Cl. The van der Waals surface area contributed by atoms with E-state index in [0.717, 1.165) is 22.6 Å². The molecular formula is C16H22ClN3O3S. The number of nitrogens with zero attached hydrogens (tertiary/aromatic N) is 1. The number of nitrogens with one attached hydrogen (secondary N) is 1. The Labute approximate surface area is 151 Å². The van der Waals surface area contributed by atoms with Crippen LogP contribution in [0.4, 0.5) is 5.13 Å². The Morgan fingerprint density at radius 2 is 2.17 bits per heavy atom. The van der Waals surface area contributed by atoms with Crippen molar-refractivity contribution in [2.75, 3.05) is 26.1 Å². The highest BCUT2D eigenvalue weighted by Crippen LogP contribution is 2.32. The number of aromatic nitrogens is 1. The molecule has 0 aliphatic carbocycles. The molecule has 0 radical (unpaired) electrons. The first kappa shape index (κ1) is 20.4. The Hall–Kier alpha value is -1.67. The minimum absolute atomic E-state index is 0. The van der Waals surface area contributed by atoms with Crippen molar-refractivity contribution in [2.24, 2.45) is 5.73 Å². The second-order valence-electron chi connectivity index (χ2n) is 5.09. The van der Waals surface area contributed by atoms with Crippen LogP contribution in [0, 0.1) is 6.92 Å². The first-order valence-corrected chi connectivity index (χ1v) is 8.08. The van der Waals surface area contributed by atoms with Crippen LogP contribution in [-0.2, 0) is 9.53 Å². The fraction of sp³-hybridized carbons (Fsp3) is 0.375. The van der Waals surface area contributed by atoms with Crippen LogP contribution < -0.4 is 15.8 Å². The number of hydrogen-bond acceptors (Lipinski definition) is 6. The molecule has 2 rings (SSSR count). The van der Waals surface area contributed by atoms with Gasteiger partial charge >= 0.3 is 0 Å². The fourth-order valence-corrected chi connectivity index (χ4v) is 2.84. The van der Waals surface area contributed by atoms with Crippen LogP contribution in [-0.4, -0.2) is 37.8 Å². The van der Waals surface area contributed by atoms with Crippen molar-refractivity contribution in [2.45, 2.75) is 19.4 Å². The van der Waals surface area contributed by atoms with E-state index in [-0.39, 0.29) is 30.8 Å². The predicted octanol–water partition coefficient (Wildman–Crippen LogP) is 2.85. The molecule has 0 saturated carbocycles. The van der Waals surface area contributed by atoms with E-state index < -0.39 is 0 Å². The number of hydrogen-bond donors (Lipinski definition) is 2. The topological polar surface area (TPSA) is 86.5 Å². The zero-order chi connectivity index (χ0) is 16.8. The van der Waals surface area contributed by atoms with Crippen LogP contribution in [0.1, 0.15) is 12.0 Å². The summed E-state index contributed by atoms with van der Waals surface area (Å²) < 4.78 is 10.5. The van der Waals surface area contributed by atoms with Gasteiger partial charge in [-0.2, -0.15) is 0 Å². The van der Waals surface area contributed by atoms with Crippen LogP contribution >= 0.6 is 23.7 Å². The maximum absolute atomic E-state index is 12.0. The highest BCUT2D eigenvalue weighted by molar-refractivity contribution is 7.14. The number of carbonyl (C=O) groups excluding carboxylic acids is 1. The van der Waals surface area contributed by atoms with Crippen molar-refractivity contribution in [1.82, 2.24) is 4.98 Å². The van der Waals surface area contributed by atoms with Gasteiger partial charge in [0.2, 0.25) is 5.91 Å². The van der Waals surface area contributed by atoms with Crippen molar-refractivity contribution in [3.63, 3.8) is 0 Å². The summed E-state index contributed by atoms with van der Waals surface area (Å²) in [5.74, 6) is 0.584. The third-order valence-corrected chi connectivity index (χ3v) is 4.15. The van der Waals surface area contributed by atoms with Gasteiger partial charge in [-0.15, -0.1) is 23.7 Å². The number of ether oxygens (including phenoxy) is 2. The summed E-state index contributed by atoms with van der Waals surface area (Å²) in [6.07, 6.45) is -0.0818. The number of rotatable bonds is 7. The number of aryl methyl sites for hydroxylation is 1. The van der Waals surface area contributed by atoms with Gasteiger partial charge in [0, 0.05) is 24.6 Å². The van der Waals surface area contributed by atoms with E-state index in [2.05, 4.69) is 10.3 Å². The highest BCUT2D eigenvalue weighted by Gasteiger charge is 2.15. The summed E-state index contributed by atoms with van der Waals surface area (Å²) in [5.41, 5.74) is 8.31. The summed E-state index contributed by atoms with van der Waals surface area (Å²) in [6, 6.07) is 5.90. The number of nitrogens with two attached hydrogens (primary N) is 1. The smallest absolute Gasteiger partial charge is 0.228 e. The Morgan fingerprint density at radius 1 is 1.42 bits per heavy atom. The predicted molar refractivity (Wildman–Crippen MR) is 99.2 cm³/mol. The summed E-state index contributed by atoms with van der Waals surface area (Å²) >= 11 is 1.37. The molecule has 0 bridgehead atoms. The molecule has 1 aromatic carbocycles. The highest BCUT2D eigenvalue weighted by atomic mass is 35.5. The zero-order valence-electron chi connectivity index (χ0n) is 13.9. The molecule has 1 aromatic heterocycles. The second-order valence-corrected chi connectivity index (χ2v) is 5.95. The molecule has 6 nitrogen and oxygen atoms in total. The number of thiazole rings is 1. The lowest BCUT2D eigenvalue weighted by Gasteiger charge is -2.11. The van der Waals surface area contributed by atoms with Gasteiger partial charge in [0.25, 0.3) is 0 Å². The van der Waals surface area contributed by atoms with Crippen molar-refractivity contribution in [1.29, 1.82) is 0 Å². The molecular weight excluding hydrogens is 350 g/mol. The van der Waals surface area contributed by atoms with Gasteiger partial charge in [-0.3, -0.25) is 4.79 Å². The fourth-order valence-electron chi connectivity index (χ4n) is 2.12. The van der Waals surface area contributed by atoms with Gasteiger partial charge in [0.05, 0.1) is 25.3 Å². The van der Waals surface area contributed by atoms with E-state index in [1.54, 1.807) is 7.11 Å². The molecule has 0 fully saturated rings. The van der Waals surface area contributed by atoms with Crippen molar-refractivity contribution in [3.8, 4) is 17.0 Å². The molecule has 132 valence electrons. The molecule has 3 N–H and O–H groups in total. The lowest BCUT2D eigenvalue weighted by Crippen LogP contribution is -2.28. The van der Waals surface area contributed by atoms with E-state index in [9.17, 15) is 4.79 Å². The molecule has 0 aliphatic heterocycles. The summed E-state index contributed by atoms with van der Waals surface area (Å²) in [5, 5.41) is 5.21. The number of halogens is 1. The lowest BCUT2D eigenvalue weighted by atomic mass is 10.1. The van der Waals surface area contributed by atoms with Gasteiger partial charge in [-0.1, -0.05) is 11.6 Å². The van der Waals surface area contributed by atoms with Gasteiger partial charge in [0.15, 0.2) is 5.13 Å². The summed E-state index contributed by atoms with van der Waals surface area (Å²) in [7, 11) is 3.16. The monoisotopic (exact) mass is 371 g/mol. The molecule has 8 heteroatoms. The van der Waals surface area contributed by atoms with Crippen LogP contribution in [0.2, 0.25) is 0 Å². The van der Waals surface area contributed by atoms with Crippen LogP contribution in [0.15, 0.2) is 23.6 Å². The van der Waals surface area contributed by atoms with Crippen LogP contribution in [0.25, 0.3) is 11.3 Å². The van der Waals surface area contributed by atoms with Crippen LogP contribution in [0.5, 0.6) is 5.75 Å². The molecule has 1 amide bonds. The molecule has 0 spiro atoms. The normalized spacial score (nSPS) is 11.5. The lowest BCUT2D eigenvalue weighted by molar-refractivity contribution is -0.118. The van der Waals surface area contributed by atoms with Gasteiger partial charge < -0.3 is 20.5 Å². The van der Waals surface area contributed by atoms with E-state index >= 15 is 0 Å². The summed E-state index contributed by atoms with van der Waals surface area (Å²) in [6.45, 7) is 2.31. The zero-order valence-corrected chi connectivity index (χ0v) is 15.5. The number of benzene rings is 1. The molecule has 2 aromatic rings. The second kappa shape index (κ2) is 9.58. The number of amides is 1. The van der Waals surface area contributed by atoms with E-state index in [0.29, 0.717) is 11.7 Å². The van der Waals surface area contributed by atoms with Gasteiger partial charge in [0.1, 0.15) is 5.75 Å². The Balaban J connectivity index is 0.00000288. The summed E-state index contributed by atoms with van der Waals surface area (Å²) in [4.78, 5) is 16.4. The third-order valence-electron chi connectivity index (χ3n) is 3.39. The number of methoxy groups -OCH3 is 2. The molecule has 1 unspecified atom stereocenters. The maximum atomic E-state index is 12.0. The van der Waals surface area contributed by atoms with E-state index in [1.165, 1.54) is 18.4 Å². The Kier molecular flexibility index (Phi) is 8.14. The number of carbonyl (C=O) groups is 1. The van der Waals surface area contributed by atoms with E-state index in [4.69, 9.17) is 15.2 Å². The maximum Gasteiger partial charge on any atom is 0.228 e. The Morgan fingerprint density at radius 3 is 2.79 bits per heavy atom. The Bertz CT molecular complexity index is 674. The van der Waals surface area contributed by atoms with Gasteiger partial charge in [-0.25, -0.2) is 4.98 Å².